The molecule has 1 aromatic heterocycles. The Morgan fingerprint density at radius 2 is 1.31 bits per heavy atom. The van der Waals surface area contributed by atoms with Crippen molar-refractivity contribution in [3.8, 4) is 28.6 Å². The fourth-order valence-electron chi connectivity index (χ4n) is 3.45. The molecule has 0 saturated heterocycles. The molecule has 1 heterocycles. The molecular formula is C28H24F3NO4. The fraction of sp³-hybridized carbons (Fsp3) is 0.179. The van der Waals surface area contributed by atoms with Gasteiger partial charge < -0.3 is 19.3 Å². The van der Waals surface area contributed by atoms with Crippen molar-refractivity contribution in [2.75, 3.05) is 6.61 Å². The molecule has 0 aliphatic heterocycles. The Labute approximate surface area is 206 Å². The van der Waals surface area contributed by atoms with Crippen LogP contribution in [0.4, 0.5) is 13.2 Å². The molecule has 0 unspecified atom stereocenters. The van der Waals surface area contributed by atoms with Crippen LogP contribution in [0.3, 0.4) is 0 Å². The Balaban J connectivity index is 1.68. The standard InChI is InChI=1S/C28H24F3NO4/c29-28(30,31)19-36-25-13-11-22(16-33)15-24(25)23-12-14-26(34-17-20-7-3-1-4-8-20)32-27(23)35-18-21-9-5-2-6-10-21/h1-15,33H,16-19H2. The van der Waals surface area contributed by atoms with Crippen molar-refractivity contribution in [2.24, 2.45) is 0 Å². The average molecular weight is 495 g/mol. The Morgan fingerprint density at radius 3 is 1.92 bits per heavy atom. The maximum absolute atomic E-state index is 12.9. The van der Waals surface area contributed by atoms with E-state index in [1.165, 1.54) is 12.1 Å². The van der Waals surface area contributed by atoms with E-state index in [1.54, 1.807) is 18.2 Å². The SMILES string of the molecule is OCc1ccc(OCC(F)(F)F)c(-c2ccc(OCc3ccccc3)nc2OCc2ccccc2)c1. The molecule has 5 nitrogen and oxygen atoms in total. The minimum absolute atomic E-state index is 0.00570. The van der Waals surface area contributed by atoms with E-state index < -0.39 is 12.8 Å². The van der Waals surface area contributed by atoms with Crippen LogP contribution in [0.5, 0.6) is 17.5 Å². The van der Waals surface area contributed by atoms with Crippen LogP contribution in [0.2, 0.25) is 0 Å². The second kappa shape index (κ2) is 11.6. The Bertz CT molecular complexity index is 1270. The zero-order valence-electron chi connectivity index (χ0n) is 19.2. The first-order valence-electron chi connectivity index (χ1n) is 11.2. The summed E-state index contributed by atoms with van der Waals surface area (Å²) in [6, 6.07) is 26.7. The summed E-state index contributed by atoms with van der Waals surface area (Å²) in [5, 5.41) is 9.61. The summed E-state index contributed by atoms with van der Waals surface area (Å²) in [7, 11) is 0. The molecule has 0 fully saturated rings. The summed E-state index contributed by atoms with van der Waals surface area (Å²) in [6.45, 7) is -1.28. The van der Waals surface area contributed by atoms with Crippen LogP contribution in [0.15, 0.2) is 91.0 Å². The Kier molecular flexibility index (Phi) is 8.07. The summed E-state index contributed by atoms with van der Waals surface area (Å²) in [4.78, 5) is 4.50. The number of pyridine rings is 1. The molecule has 4 aromatic rings. The maximum atomic E-state index is 12.9. The van der Waals surface area contributed by atoms with Gasteiger partial charge in [0.2, 0.25) is 11.8 Å². The highest BCUT2D eigenvalue weighted by molar-refractivity contribution is 5.75. The molecular weight excluding hydrogens is 471 g/mol. The van der Waals surface area contributed by atoms with Crippen molar-refractivity contribution in [1.29, 1.82) is 0 Å². The first-order valence-corrected chi connectivity index (χ1v) is 11.2. The number of halogens is 3. The van der Waals surface area contributed by atoms with Gasteiger partial charge in [0.25, 0.3) is 0 Å². The number of ether oxygens (including phenoxy) is 3. The van der Waals surface area contributed by atoms with Gasteiger partial charge in [-0.05, 0) is 34.9 Å². The Hall–Kier alpha value is -4.04. The molecule has 3 aromatic carbocycles. The van der Waals surface area contributed by atoms with Crippen molar-refractivity contribution in [3.63, 3.8) is 0 Å². The molecule has 36 heavy (non-hydrogen) atoms. The number of alkyl halides is 3. The molecule has 0 aliphatic carbocycles. The van der Waals surface area contributed by atoms with Crippen molar-refractivity contribution in [3.05, 3.63) is 108 Å². The van der Waals surface area contributed by atoms with Crippen molar-refractivity contribution in [1.82, 2.24) is 4.98 Å². The number of aromatic nitrogens is 1. The molecule has 0 bridgehead atoms. The van der Waals surface area contributed by atoms with E-state index in [4.69, 9.17) is 14.2 Å². The van der Waals surface area contributed by atoms with Crippen molar-refractivity contribution < 1.29 is 32.5 Å². The number of aliphatic hydroxyl groups is 1. The zero-order chi connectivity index (χ0) is 25.4. The van der Waals surface area contributed by atoms with E-state index >= 15 is 0 Å². The number of benzene rings is 3. The molecule has 1 N–H and O–H groups in total. The van der Waals surface area contributed by atoms with Gasteiger partial charge >= 0.3 is 6.18 Å². The lowest BCUT2D eigenvalue weighted by Crippen LogP contribution is -2.19. The number of hydrogen-bond donors (Lipinski definition) is 1. The van der Waals surface area contributed by atoms with Gasteiger partial charge in [0.15, 0.2) is 6.61 Å². The number of hydrogen-bond acceptors (Lipinski definition) is 5. The molecule has 4 rings (SSSR count). The van der Waals surface area contributed by atoms with Crippen LogP contribution < -0.4 is 14.2 Å². The van der Waals surface area contributed by atoms with Gasteiger partial charge in [0.05, 0.1) is 6.61 Å². The highest BCUT2D eigenvalue weighted by atomic mass is 19.4. The average Bonchev–Trinajstić information content (AvgIpc) is 2.90. The number of aliphatic hydroxyl groups excluding tert-OH is 1. The smallest absolute Gasteiger partial charge is 0.422 e. The lowest BCUT2D eigenvalue weighted by Gasteiger charge is -2.17. The molecule has 0 saturated carbocycles. The Morgan fingerprint density at radius 1 is 0.667 bits per heavy atom. The van der Waals surface area contributed by atoms with E-state index in [2.05, 4.69) is 4.98 Å². The summed E-state index contributed by atoms with van der Waals surface area (Å²) in [5.41, 5.74) is 3.07. The lowest BCUT2D eigenvalue weighted by molar-refractivity contribution is -0.153. The van der Waals surface area contributed by atoms with E-state index in [9.17, 15) is 18.3 Å². The van der Waals surface area contributed by atoms with Gasteiger partial charge in [-0.25, -0.2) is 0 Å². The van der Waals surface area contributed by atoms with E-state index in [1.807, 2.05) is 60.7 Å². The third kappa shape index (κ3) is 6.99. The van der Waals surface area contributed by atoms with Crippen LogP contribution in [-0.4, -0.2) is 22.9 Å². The van der Waals surface area contributed by atoms with E-state index in [-0.39, 0.29) is 31.5 Å². The van der Waals surface area contributed by atoms with Gasteiger partial charge in [0.1, 0.15) is 19.0 Å². The third-order valence-electron chi connectivity index (χ3n) is 5.19. The summed E-state index contributed by atoms with van der Waals surface area (Å²) >= 11 is 0. The van der Waals surface area contributed by atoms with Crippen LogP contribution in [0.25, 0.3) is 11.1 Å². The van der Waals surface area contributed by atoms with Gasteiger partial charge in [-0.1, -0.05) is 66.7 Å². The predicted octanol–water partition coefficient (Wildman–Crippen LogP) is 6.34. The van der Waals surface area contributed by atoms with Gasteiger partial charge in [-0.15, -0.1) is 0 Å². The van der Waals surface area contributed by atoms with Crippen LogP contribution in [0, 0.1) is 0 Å². The minimum atomic E-state index is -4.51. The number of nitrogens with zero attached hydrogens (tertiary/aromatic N) is 1. The van der Waals surface area contributed by atoms with E-state index in [0.29, 0.717) is 22.6 Å². The second-order valence-corrected chi connectivity index (χ2v) is 7.94. The van der Waals surface area contributed by atoms with Crippen molar-refractivity contribution >= 4 is 0 Å². The maximum Gasteiger partial charge on any atom is 0.422 e. The highest BCUT2D eigenvalue weighted by Gasteiger charge is 2.29. The fourth-order valence-corrected chi connectivity index (χ4v) is 3.45. The van der Waals surface area contributed by atoms with Gasteiger partial charge in [-0.2, -0.15) is 18.2 Å². The molecule has 0 atom stereocenters. The van der Waals surface area contributed by atoms with E-state index in [0.717, 1.165) is 11.1 Å². The van der Waals surface area contributed by atoms with Crippen LogP contribution in [-0.2, 0) is 19.8 Å². The first kappa shape index (κ1) is 25.1. The molecule has 8 heteroatoms. The summed E-state index contributed by atoms with van der Waals surface area (Å²) in [5.74, 6) is 0.451. The topological polar surface area (TPSA) is 60.8 Å². The van der Waals surface area contributed by atoms with Crippen LogP contribution >= 0.6 is 0 Å². The minimum Gasteiger partial charge on any atom is -0.483 e. The zero-order valence-corrected chi connectivity index (χ0v) is 19.2. The van der Waals surface area contributed by atoms with Gasteiger partial charge in [-0.3, -0.25) is 0 Å². The lowest BCUT2D eigenvalue weighted by atomic mass is 10.0. The molecule has 0 spiro atoms. The molecule has 0 radical (unpaired) electrons. The molecule has 0 aliphatic rings. The molecule has 0 amide bonds. The molecule has 186 valence electrons. The monoisotopic (exact) mass is 495 g/mol. The summed E-state index contributed by atoms with van der Waals surface area (Å²) < 4.78 is 55.5. The summed E-state index contributed by atoms with van der Waals surface area (Å²) in [6.07, 6.45) is -4.51. The highest BCUT2D eigenvalue weighted by Crippen LogP contribution is 2.38. The largest absolute Gasteiger partial charge is 0.483 e. The first-order chi connectivity index (χ1) is 17.4. The quantitative estimate of drug-likeness (QED) is 0.278. The predicted molar refractivity (Wildman–Crippen MR) is 129 cm³/mol. The number of rotatable bonds is 10. The van der Waals surface area contributed by atoms with Crippen molar-refractivity contribution in [2.45, 2.75) is 26.0 Å². The second-order valence-electron chi connectivity index (χ2n) is 7.94. The third-order valence-corrected chi connectivity index (χ3v) is 5.19. The van der Waals surface area contributed by atoms with Crippen LogP contribution in [0.1, 0.15) is 16.7 Å². The van der Waals surface area contributed by atoms with Gasteiger partial charge in [0, 0.05) is 17.2 Å². The normalized spacial score (nSPS) is 11.2.